The molecule has 98 valence electrons. The highest BCUT2D eigenvalue weighted by atomic mass is 16.5. The summed E-state index contributed by atoms with van der Waals surface area (Å²) < 4.78 is 10.9. The Balaban J connectivity index is 2.07. The number of aromatic nitrogens is 2. The lowest BCUT2D eigenvalue weighted by Crippen LogP contribution is -2.30. The first-order chi connectivity index (χ1) is 8.93. The van der Waals surface area contributed by atoms with Crippen LogP contribution in [0.3, 0.4) is 0 Å². The fourth-order valence-electron chi connectivity index (χ4n) is 1.85. The van der Waals surface area contributed by atoms with Crippen molar-refractivity contribution in [1.29, 1.82) is 0 Å². The highest BCUT2D eigenvalue weighted by Gasteiger charge is 2.23. The number of furan rings is 1. The third-order valence-corrected chi connectivity index (χ3v) is 2.88. The smallest absolute Gasteiger partial charge is 0.293 e. The topological polar surface area (TPSA) is 78.1 Å². The molecule has 0 aliphatic rings. The van der Waals surface area contributed by atoms with Crippen molar-refractivity contribution in [2.75, 3.05) is 0 Å². The fourth-order valence-corrected chi connectivity index (χ4v) is 1.85. The molecule has 0 saturated heterocycles. The van der Waals surface area contributed by atoms with Crippen molar-refractivity contribution in [3.05, 3.63) is 35.7 Å². The predicted molar refractivity (Wildman–Crippen MR) is 71.5 cm³/mol. The van der Waals surface area contributed by atoms with Crippen molar-refractivity contribution in [3.8, 4) is 11.7 Å². The molecular formula is C14H15N3O2. The average Bonchev–Trinajstić information content (AvgIpc) is 2.92. The lowest BCUT2D eigenvalue weighted by atomic mass is 10.1. The van der Waals surface area contributed by atoms with Crippen molar-refractivity contribution < 1.29 is 8.94 Å². The Labute approximate surface area is 110 Å². The van der Waals surface area contributed by atoms with Gasteiger partial charge in [0.2, 0.25) is 0 Å². The Bertz CT molecular complexity index is 735. The van der Waals surface area contributed by atoms with Crippen molar-refractivity contribution in [1.82, 2.24) is 10.1 Å². The SMILES string of the molecule is Cc1ccc2oc(-c3nc(C(C)(C)N)no3)cc2c1. The summed E-state index contributed by atoms with van der Waals surface area (Å²) in [5.74, 6) is 1.37. The second kappa shape index (κ2) is 3.93. The van der Waals surface area contributed by atoms with Gasteiger partial charge < -0.3 is 14.7 Å². The van der Waals surface area contributed by atoms with Gasteiger partial charge in [0.15, 0.2) is 11.6 Å². The van der Waals surface area contributed by atoms with Gasteiger partial charge in [0.05, 0.1) is 5.54 Å². The van der Waals surface area contributed by atoms with Crippen LogP contribution in [-0.4, -0.2) is 10.1 Å². The average molecular weight is 257 g/mol. The second-order valence-electron chi connectivity index (χ2n) is 5.30. The fraction of sp³-hybridized carbons (Fsp3) is 0.286. The summed E-state index contributed by atoms with van der Waals surface area (Å²) in [6.45, 7) is 5.68. The van der Waals surface area contributed by atoms with Crippen LogP contribution in [0.1, 0.15) is 25.2 Å². The van der Waals surface area contributed by atoms with E-state index in [9.17, 15) is 0 Å². The molecule has 0 atom stereocenters. The van der Waals surface area contributed by atoms with E-state index in [1.54, 1.807) is 0 Å². The quantitative estimate of drug-likeness (QED) is 0.763. The predicted octanol–water partition coefficient (Wildman–Crippen LogP) is 2.99. The summed E-state index contributed by atoms with van der Waals surface area (Å²) in [6.07, 6.45) is 0. The molecule has 2 aromatic heterocycles. The van der Waals surface area contributed by atoms with Gasteiger partial charge >= 0.3 is 0 Å². The van der Waals surface area contributed by atoms with Crippen LogP contribution < -0.4 is 5.73 Å². The van der Waals surface area contributed by atoms with Gasteiger partial charge in [-0.2, -0.15) is 4.98 Å². The Hall–Kier alpha value is -2.14. The number of nitrogens with zero attached hydrogens (tertiary/aromatic N) is 2. The Morgan fingerprint density at radius 1 is 1.21 bits per heavy atom. The van der Waals surface area contributed by atoms with Crippen molar-refractivity contribution in [2.45, 2.75) is 26.3 Å². The molecule has 3 aromatic rings. The first kappa shape index (κ1) is 11.9. The van der Waals surface area contributed by atoms with Crippen LogP contribution in [0.2, 0.25) is 0 Å². The molecule has 0 radical (unpaired) electrons. The molecule has 0 bridgehead atoms. The monoisotopic (exact) mass is 257 g/mol. The Kier molecular flexibility index (Phi) is 2.46. The number of rotatable bonds is 2. The lowest BCUT2D eigenvalue weighted by molar-refractivity contribution is 0.390. The highest BCUT2D eigenvalue weighted by Crippen LogP contribution is 2.28. The number of hydrogen-bond donors (Lipinski definition) is 1. The van der Waals surface area contributed by atoms with Crippen LogP contribution in [-0.2, 0) is 5.54 Å². The largest absolute Gasteiger partial charge is 0.451 e. The molecule has 1 aromatic carbocycles. The van der Waals surface area contributed by atoms with E-state index in [2.05, 4.69) is 10.1 Å². The molecule has 3 rings (SSSR count). The van der Waals surface area contributed by atoms with Crippen LogP contribution in [0.5, 0.6) is 0 Å². The molecule has 0 aliphatic carbocycles. The molecule has 5 nitrogen and oxygen atoms in total. The van der Waals surface area contributed by atoms with E-state index in [0.717, 1.165) is 11.0 Å². The van der Waals surface area contributed by atoms with Gasteiger partial charge in [-0.25, -0.2) is 0 Å². The van der Waals surface area contributed by atoms with Crippen LogP contribution in [0.4, 0.5) is 0 Å². The zero-order chi connectivity index (χ0) is 13.6. The number of hydrogen-bond acceptors (Lipinski definition) is 5. The van der Waals surface area contributed by atoms with Gasteiger partial charge in [-0.15, -0.1) is 0 Å². The van der Waals surface area contributed by atoms with Crippen LogP contribution >= 0.6 is 0 Å². The molecule has 0 spiro atoms. The number of nitrogens with two attached hydrogens (primary N) is 1. The van der Waals surface area contributed by atoms with E-state index in [4.69, 9.17) is 14.7 Å². The number of aryl methyl sites for hydroxylation is 1. The molecule has 2 N–H and O–H groups in total. The van der Waals surface area contributed by atoms with Crippen molar-refractivity contribution in [3.63, 3.8) is 0 Å². The van der Waals surface area contributed by atoms with Gasteiger partial charge in [-0.1, -0.05) is 16.8 Å². The molecule has 0 amide bonds. The minimum absolute atomic E-state index is 0.349. The minimum Gasteiger partial charge on any atom is -0.451 e. The van der Waals surface area contributed by atoms with Gasteiger partial charge in [0, 0.05) is 5.39 Å². The van der Waals surface area contributed by atoms with E-state index < -0.39 is 5.54 Å². The molecule has 0 aliphatic heterocycles. The lowest BCUT2D eigenvalue weighted by Gasteiger charge is -2.11. The second-order valence-corrected chi connectivity index (χ2v) is 5.30. The zero-order valence-corrected chi connectivity index (χ0v) is 11.1. The molecule has 5 heteroatoms. The van der Waals surface area contributed by atoms with E-state index in [-0.39, 0.29) is 0 Å². The van der Waals surface area contributed by atoms with Crippen molar-refractivity contribution in [2.24, 2.45) is 5.73 Å². The zero-order valence-electron chi connectivity index (χ0n) is 11.1. The summed E-state index contributed by atoms with van der Waals surface area (Å²) in [5, 5.41) is 4.90. The summed E-state index contributed by atoms with van der Waals surface area (Å²) in [4.78, 5) is 4.27. The minimum atomic E-state index is -0.635. The van der Waals surface area contributed by atoms with Crippen LogP contribution in [0, 0.1) is 6.92 Å². The van der Waals surface area contributed by atoms with Crippen molar-refractivity contribution >= 4 is 11.0 Å². The van der Waals surface area contributed by atoms with Gasteiger partial charge in [-0.05, 0) is 39.0 Å². The summed E-state index contributed by atoms with van der Waals surface area (Å²) in [5.41, 5.74) is 7.27. The van der Waals surface area contributed by atoms with Gasteiger partial charge in [-0.3, -0.25) is 0 Å². The molecule has 2 heterocycles. The number of fused-ring (bicyclic) bond motifs is 1. The molecule has 0 unspecified atom stereocenters. The van der Waals surface area contributed by atoms with E-state index in [1.165, 1.54) is 5.56 Å². The van der Waals surface area contributed by atoms with E-state index in [1.807, 2.05) is 45.0 Å². The Morgan fingerprint density at radius 2 is 2.00 bits per heavy atom. The standard InChI is InChI=1S/C14H15N3O2/c1-8-4-5-10-9(6-8)7-11(18-10)12-16-13(17-19-12)14(2,3)15/h4-7H,15H2,1-3H3. The van der Waals surface area contributed by atoms with Gasteiger partial charge in [0.25, 0.3) is 5.89 Å². The summed E-state index contributed by atoms with van der Waals surface area (Å²) in [6, 6.07) is 7.87. The maximum absolute atomic E-state index is 5.93. The molecular weight excluding hydrogens is 242 g/mol. The van der Waals surface area contributed by atoms with Crippen LogP contribution in [0.25, 0.3) is 22.6 Å². The number of benzene rings is 1. The normalized spacial score (nSPS) is 12.2. The molecule has 19 heavy (non-hydrogen) atoms. The van der Waals surface area contributed by atoms with Crippen LogP contribution in [0.15, 0.2) is 33.2 Å². The summed E-state index contributed by atoms with van der Waals surface area (Å²) in [7, 11) is 0. The maximum atomic E-state index is 5.93. The maximum Gasteiger partial charge on any atom is 0.293 e. The Morgan fingerprint density at radius 3 is 2.68 bits per heavy atom. The van der Waals surface area contributed by atoms with E-state index in [0.29, 0.717) is 17.5 Å². The first-order valence-corrected chi connectivity index (χ1v) is 6.07. The third-order valence-electron chi connectivity index (χ3n) is 2.88. The molecule has 0 saturated carbocycles. The first-order valence-electron chi connectivity index (χ1n) is 6.07. The highest BCUT2D eigenvalue weighted by molar-refractivity contribution is 5.82. The van der Waals surface area contributed by atoms with Gasteiger partial charge in [0.1, 0.15) is 5.58 Å². The summed E-state index contributed by atoms with van der Waals surface area (Å²) >= 11 is 0. The molecule has 0 fully saturated rings. The third kappa shape index (κ3) is 2.13. The van der Waals surface area contributed by atoms with E-state index >= 15 is 0 Å².